The van der Waals surface area contributed by atoms with Crippen LogP contribution in [-0.4, -0.2) is 68.8 Å². The highest BCUT2D eigenvalue weighted by Crippen LogP contribution is 2.33. The van der Waals surface area contributed by atoms with Crippen molar-refractivity contribution in [2.24, 2.45) is 0 Å². The Morgan fingerprint density at radius 2 is 2.04 bits per heavy atom. The van der Waals surface area contributed by atoms with Crippen molar-refractivity contribution in [3.8, 4) is 5.75 Å². The monoisotopic (exact) mass is 333 g/mol. The lowest BCUT2D eigenvalue weighted by molar-refractivity contribution is -0.128. The quantitative estimate of drug-likeness (QED) is 0.836. The summed E-state index contributed by atoms with van der Waals surface area (Å²) < 4.78 is 10.9. The van der Waals surface area contributed by atoms with Crippen molar-refractivity contribution in [2.45, 2.75) is 13.0 Å². The number of para-hydroxylation sites is 2. The molecule has 1 aromatic carbocycles. The van der Waals surface area contributed by atoms with Gasteiger partial charge < -0.3 is 14.8 Å². The van der Waals surface area contributed by atoms with Crippen LogP contribution in [0.4, 0.5) is 5.69 Å². The maximum Gasteiger partial charge on any atom is 0.268 e. The summed E-state index contributed by atoms with van der Waals surface area (Å²) in [5, 5.41) is 2.89. The minimum absolute atomic E-state index is 0.00660. The fraction of sp³-hybridized carbons (Fsp3) is 0.529. The van der Waals surface area contributed by atoms with E-state index in [-0.39, 0.29) is 18.4 Å². The number of benzene rings is 1. The molecule has 0 spiro atoms. The van der Waals surface area contributed by atoms with Gasteiger partial charge in [0.05, 0.1) is 18.9 Å². The van der Waals surface area contributed by atoms with Crippen molar-refractivity contribution in [1.82, 2.24) is 10.2 Å². The highest BCUT2D eigenvalue weighted by molar-refractivity contribution is 6.03. The van der Waals surface area contributed by atoms with Gasteiger partial charge in [-0.2, -0.15) is 0 Å². The van der Waals surface area contributed by atoms with Crippen LogP contribution in [-0.2, 0) is 14.3 Å². The smallest absolute Gasteiger partial charge is 0.268 e. The third-order valence-corrected chi connectivity index (χ3v) is 4.23. The molecule has 0 radical (unpaired) electrons. The predicted molar refractivity (Wildman–Crippen MR) is 89.2 cm³/mol. The lowest BCUT2D eigenvalue weighted by atomic mass is 10.2. The van der Waals surface area contributed by atoms with E-state index in [0.717, 1.165) is 32.8 Å². The molecule has 3 rings (SSSR count). The predicted octanol–water partition coefficient (Wildman–Crippen LogP) is 0.249. The summed E-state index contributed by atoms with van der Waals surface area (Å²) in [5.41, 5.74) is 0.643. The molecule has 1 atom stereocenters. The SMILES string of the molecule is C[C@@H]1Oc2ccccc2N(CC(=O)NCCN2CCOCC2)C1=O. The van der Waals surface area contributed by atoms with Crippen LogP contribution in [0.5, 0.6) is 5.75 Å². The Hall–Kier alpha value is -2.12. The van der Waals surface area contributed by atoms with Crippen molar-refractivity contribution < 1.29 is 19.1 Å². The molecule has 1 saturated heterocycles. The Bertz CT molecular complexity index is 601. The third kappa shape index (κ3) is 3.85. The summed E-state index contributed by atoms with van der Waals surface area (Å²) in [5.74, 6) is 0.267. The largest absolute Gasteiger partial charge is 0.479 e. The molecule has 2 aliphatic rings. The molecular formula is C17H23N3O4. The number of rotatable bonds is 5. The average molecular weight is 333 g/mol. The van der Waals surface area contributed by atoms with Gasteiger partial charge in [0, 0.05) is 26.2 Å². The number of morpholine rings is 1. The first-order valence-corrected chi connectivity index (χ1v) is 8.29. The maximum atomic E-state index is 12.3. The zero-order valence-corrected chi connectivity index (χ0v) is 13.9. The van der Waals surface area contributed by atoms with E-state index in [4.69, 9.17) is 9.47 Å². The molecule has 0 unspecified atom stereocenters. The molecule has 1 N–H and O–H groups in total. The van der Waals surface area contributed by atoms with Gasteiger partial charge in [-0.25, -0.2) is 0 Å². The molecule has 0 aliphatic carbocycles. The molecule has 7 nitrogen and oxygen atoms in total. The molecule has 0 aromatic heterocycles. The van der Waals surface area contributed by atoms with Crippen LogP contribution in [0.25, 0.3) is 0 Å². The number of fused-ring (bicyclic) bond motifs is 1. The Labute approximate surface area is 141 Å². The van der Waals surface area contributed by atoms with Crippen LogP contribution in [0.1, 0.15) is 6.92 Å². The zero-order chi connectivity index (χ0) is 16.9. The second-order valence-electron chi connectivity index (χ2n) is 5.96. The summed E-state index contributed by atoms with van der Waals surface area (Å²) in [6.07, 6.45) is -0.582. The van der Waals surface area contributed by atoms with Crippen LogP contribution >= 0.6 is 0 Å². The van der Waals surface area contributed by atoms with Gasteiger partial charge in [-0.15, -0.1) is 0 Å². The summed E-state index contributed by atoms with van der Waals surface area (Å²) in [6.45, 7) is 6.32. The molecule has 24 heavy (non-hydrogen) atoms. The topological polar surface area (TPSA) is 71.1 Å². The van der Waals surface area contributed by atoms with Crippen molar-refractivity contribution in [1.29, 1.82) is 0 Å². The molecule has 2 aliphatic heterocycles. The lowest BCUT2D eigenvalue weighted by Gasteiger charge is -2.32. The number of hydrogen-bond acceptors (Lipinski definition) is 5. The number of anilines is 1. The van der Waals surface area contributed by atoms with E-state index in [1.54, 1.807) is 13.0 Å². The third-order valence-electron chi connectivity index (χ3n) is 4.23. The molecule has 130 valence electrons. The van der Waals surface area contributed by atoms with Crippen LogP contribution < -0.4 is 15.0 Å². The zero-order valence-electron chi connectivity index (χ0n) is 13.9. The molecule has 7 heteroatoms. The first kappa shape index (κ1) is 16.7. The summed E-state index contributed by atoms with van der Waals surface area (Å²) in [7, 11) is 0. The highest BCUT2D eigenvalue weighted by Gasteiger charge is 2.32. The first-order chi connectivity index (χ1) is 11.6. The fourth-order valence-corrected chi connectivity index (χ4v) is 2.90. The summed E-state index contributed by atoms with van der Waals surface area (Å²) >= 11 is 0. The molecule has 2 heterocycles. The number of carbonyl (C=O) groups is 2. The minimum Gasteiger partial charge on any atom is -0.479 e. The molecule has 0 bridgehead atoms. The summed E-state index contributed by atoms with van der Waals surface area (Å²) in [4.78, 5) is 28.3. The van der Waals surface area contributed by atoms with E-state index in [1.165, 1.54) is 4.90 Å². The summed E-state index contributed by atoms with van der Waals surface area (Å²) in [6, 6.07) is 7.28. The normalized spacial score (nSPS) is 21.1. The maximum absolute atomic E-state index is 12.3. The van der Waals surface area contributed by atoms with E-state index in [1.807, 2.05) is 18.2 Å². The van der Waals surface area contributed by atoms with Gasteiger partial charge in [0.2, 0.25) is 5.91 Å². The highest BCUT2D eigenvalue weighted by atomic mass is 16.5. The van der Waals surface area contributed by atoms with Crippen LogP contribution in [0, 0.1) is 0 Å². The van der Waals surface area contributed by atoms with E-state index < -0.39 is 6.10 Å². The van der Waals surface area contributed by atoms with Crippen molar-refractivity contribution in [3.63, 3.8) is 0 Å². The van der Waals surface area contributed by atoms with Gasteiger partial charge in [-0.05, 0) is 19.1 Å². The number of nitrogens with one attached hydrogen (secondary N) is 1. The number of nitrogens with zero attached hydrogens (tertiary/aromatic N) is 2. The number of carbonyl (C=O) groups excluding carboxylic acids is 2. The Balaban J connectivity index is 1.54. The van der Waals surface area contributed by atoms with E-state index in [2.05, 4.69) is 10.2 Å². The molecule has 1 fully saturated rings. The molecule has 1 aromatic rings. The van der Waals surface area contributed by atoms with Gasteiger partial charge in [-0.3, -0.25) is 19.4 Å². The second-order valence-corrected chi connectivity index (χ2v) is 5.96. The Morgan fingerprint density at radius 3 is 2.83 bits per heavy atom. The number of ether oxygens (including phenoxy) is 2. The van der Waals surface area contributed by atoms with Crippen molar-refractivity contribution in [2.75, 3.05) is 50.8 Å². The first-order valence-electron chi connectivity index (χ1n) is 8.29. The number of amides is 2. The van der Waals surface area contributed by atoms with Crippen LogP contribution in [0.15, 0.2) is 24.3 Å². The lowest BCUT2D eigenvalue weighted by Crippen LogP contribution is -2.49. The Morgan fingerprint density at radius 1 is 1.29 bits per heavy atom. The molecule has 0 saturated carbocycles. The fourth-order valence-electron chi connectivity index (χ4n) is 2.90. The van der Waals surface area contributed by atoms with Crippen LogP contribution in [0.2, 0.25) is 0 Å². The molecular weight excluding hydrogens is 310 g/mol. The van der Waals surface area contributed by atoms with Gasteiger partial charge in [0.15, 0.2) is 6.10 Å². The van der Waals surface area contributed by atoms with Gasteiger partial charge in [0.1, 0.15) is 12.3 Å². The van der Waals surface area contributed by atoms with Gasteiger partial charge in [0.25, 0.3) is 5.91 Å². The van der Waals surface area contributed by atoms with Crippen molar-refractivity contribution in [3.05, 3.63) is 24.3 Å². The van der Waals surface area contributed by atoms with E-state index in [0.29, 0.717) is 18.0 Å². The standard InChI is InChI=1S/C17H23N3O4/c1-13-17(22)20(14-4-2-3-5-15(14)24-13)12-16(21)18-6-7-19-8-10-23-11-9-19/h2-5,13H,6-12H2,1H3,(H,18,21)/t13-/m0/s1. The van der Waals surface area contributed by atoms with E-state index in [9.17, 15) is 9.59 Å². The Kier molecular flexibility index (Phi) is 5.32. The minimum atomic E-state index is -0.582. The van der Waals surface area contributed by atoms with Gasteiger partial charge in [-0.1, -0.05) is 12.1 Å². The van der Waals surface area contributed by atoms with Crippen molar-refractivity contribution >= 4 is 17.5 Å². The average Bonchev–Trinajstić information content (AvgIpc) is 2.60. The van der Waals surface area contributed by atoms with E-state index >= 15 is 0 Å². The second kappa shape index (κ2) is 7.63. The molecule has 2 amide bonds. The van der Waals surface area contributed by atoms with Crippen LogP contribution in [0.3, 0.4) is 0 Å². The number of hydrogen-bond donors (Lipinski definition) is 1. The van der Waals surface area contributed by atoms with Gasteiger partial charge >= 0.3 is 0 Å².